The van der Waals surface area contributed by atoms with E-state index in [1.54, 1.807) is 29.0 Å². The van der Waals surface area contributed by atoms with Gasteiger partial charge in [-0.1, -0.05) is 29.8 Å². The van der Waals surface area contributed by atoms with Gasteiger partial charge in [-0.3, -0.25) is 9.59 Å². The van der Waals surface area contributed by atoms with Crippen LogP contribution >= 0.6 is 0 Å². The Balaban J connectivity index is 1.46. The second-order valence-corrected chi connectivity index (χ2v) is 7.16. The minimum atomic E-state index is -0.105. The third kappa shape index (κ3) is 5.89. The highest BCUT2D eigenvalue weighted by Crippen LogP contribution is 2.25. The zero-order valence-corrected chi connectivity index (χ0v) is 17.5. The first-order chi connectivity index (χ1) is 14.6. The summed E-state index contributed by atoms with van der Waals surface area (Å²) < 4.78 is 16.5. The van der Waals surface area contributed by atoms with Crippen LogP contribution in [0.25, 0.3) is 0 Å². The van der Waals surface area contributed by atoms with Crippen molar-refractivity contribution in [1.82, 2.24) is 9.80 Å². The van der Waals surface area contributed by atoms with Gasteiger partial charge in [0.15, 0.2) is 24.7 Å². The number of para-hydroxylation sites is 2. The van der Waals surface area contributed by atoms with Crippen molar-refractivity contribution in [2.45, 2.75) is 13.3 Å². The maximum Gasteiger partial charge on any atom is 0.260 e. The third-order valence-electron chi connectivity index (χ3n) is 5.00. The van der Waals surface area contributed by atoms with Crippen LogP contribution < -0.4 is 14.2 Å². The van der Waals surface area contributed by atoms with Crippen molar-refractivity contribution < 1.29 is 23.8 Å². The van der Waals surface area contributed by atoms with E-state index in [2.05, 4.69) is 0 Å². The maximum atomic E-state index is 12.6. The molecule has 30 heavy (non-hydrogen) atoms. The molecule has 0 atom stereocenters. The molecule has 2 amide bonds. The van der Waals surface area contributed by atoms with Gasteiger partial charge in [-0.05, 0) is 37.6 Å². The molecule has 0 unspecified atom stereocenters. The molecule has 0 saturated carbocycles. The normalized spacial score (nSPS) is 14.1. The summed E-state index contributed by atoms with van der Waals surface area (Å²) in [5.41, 5.74) is 1.14. The Morgan fingerprint density at radius 3 is 1.97 bits per heavy atom. The van der Waals surface area contributed by atoms with Crippen LogP contribution in [0.3, 0.4) is 0 Å². The lowest BCUT2D eigenvalue weighted by Gasteiger charge is -2.22. The van der Waals surface area contributed by atoms with Crippen LogP contribution in [-0.4, -0.2) is 68.1 Å². The van der Waals surface area contributed by atoms with Crippen LogP contribution in [0.4, 0.5) is 0 Å². The SMILES string of the molecule is COc1ccccc1OCC(=O)N1CCCN(C(=O)COc2ccc(C)cc2)CC1. The molecule has 0 aliphatic carbocycles. The van der Waals surface area contributed by atoms with E-state index in [4.69, 9.17) is 14.2 Å². The molecule has 0 aromatic heterocycles. The first-order valence-electron chi connectivity index (χ1n) is 10.1. The summed E-state index contributed by atoms with van der Waals surface area (Å²) in [6.07, 6.45) is 0.719. The Kier molecular flexibility index (Phi) is 7.54. The van der Waals surface area contributed by atoms with Crippen LogP contribution in [-0.2, 0) is 9.59 Å². The second-order valence-electron chi connectivity index (χ2n) is 7.16. The number of benzene rings is 2. The topological polar surface area (TPSA) is 68.3 Å². The van der Waals surface area contributed by atoms with Gasteiger partial charge in [0.2, 0.25) is 0 Å². The summed E-state index contributed by atoms with van der Waals surface area (Å²) in [5.74, 6) is 1.62. The van der Waals surface area contributed by atoms with Gasteiger partial charge in [0, 0.05) is 26.2 Å². The predicted molar refractivity (Wildman–Crippen MR) is 113 cm³/mol. The van der Waals surface area contributed by atoms with E-state index in [9.17, 15) is 9.59 Å². The highest BCUT2D eigenvalue weighted by molar-refractivity contribution is 5.79. The van der Waals surface area contributed by atoms with Gasteiger partial charge in [-0.25, -0.2) is 0 Å². The third-order valence-corrected chi connectivity index (χ3v) is 5.00. The highest BCUT2D eigenvalue weighted by atomic mass is 16.5. The van der Waals surface area contributed by atoms with E-state index < -0.39 is 0 Å². The van der Waals surface area contributed by atoms with Gasteiger partial charge in [-0.2, -0.15) is 0 Å². The average molecular weight is 412 g/mol. The maximum absolute atomic E-state index is 12.6. The smallest absolute Gasteiger partial charge is 0.260 e. The average Bonchev–Trinajstić information content (AvgIpc) is 3.03. The molecule has 0 bridgehead atoms. The number of carbonyl (C=O) groups is 2. The molecule has 0 radical (unpaired) electrons. The lowest BCUT2D eigenvalue weighted by atomic mass is 10.2. The number of methoxy groups -OCH3 is 1. The molecule has 1 saturated heterocycles. The fraction of sp³-hybridized carbons (Fsp3) is 0.391. The van der Waals surface area contributed by atoms with Crippen molar-refractivity contribution in [3.63, 3.8) is 0 Å². The van der Waals surface area contributed by atoms with E-state index >= 15 is 0 Å². The Labute approximate surface area is 177 Å². The van der Waals surface area contributed by atoms with Gasteiger partial charge >= 0.3 is 0 Å². The van der Waals surface area contributed by atoms with Crippen LogP contribution in [0, 0.1) is 6.92 Å². The zero-order valence-electron chi connectivity index (χ0n) is 17.5. The number of amides is 2. The van der Waals surface area contributed by atoms with E-state index in [0.717, 1.165) is 12.0 Å². The summed E-state index contributed by atoms with van der Waals surface area (Å²) in [6, 6.07) is 14.8. The molecule has 2 aromatic rings. The van der Waals surface area contributed by atoms with Gasteiger partial charge in [0.05, 0.1) is 7.11 Å². The molecule has 0 spiro atoms. The number of hydrogen-bond acceptors (Lipinski definition) is 5. The Morgan fingerprint density at radius 2 is 1.37 bits per heavy atom. The number of hydrogen-bond donors (Lipinski definition) is 0. The Morgan fingerprint density at radius 1 is 0.800 bits per heavy atom. The second kappa shape index (κ2) is 10.5. The lowest BCUT2D eigenvalue weighted by molar-refractivity contribution is -0.135. The molecule has 160 valence electrons. The van der Waals surface area contributed by atoms with E-state index in [-0.39, 0.29) is 25.0 Å². The molecule has 3 rings (SSSR count). The van der Waals surface area contributed by atoms with Crippen molar-refractivity contribution in [2.24, 2.45) is 0 Å². The van der Waals surface area contributed by atoms with Crippen LogP contribution in [0.5, 0.6) is 17.2 Å². The highest BCUT2D eigenvalue weighted by Gasteiger charge is 2.22. The Hall–Kier alpha value is -3.22. The lowest BCUT2D eigenvalue weighted by Crippen LogP contribution is -2.40. The fourth-order valence-corrected chi connectivity index (χ4v) is 3.26. The molecular formula is C23H28N2O5. The largest absolute Gasteiger partial charge is 0.493 e. The minimum absolute atomic E-state index is 0.00603. The minimum Gasteiger partial charge on any atom is -0.493 e. The Bertz CT molecular complexity index is 853. The number of carbonyl (C=O) groups excluding carboxylic acids is 2. The number of rotatable bonds is 7. The number of nitrogens with zero attached hydrogens (tertiary/aromatic N) is 2. The molecule has 1 aliphatic heterocycles. The first-order valence-corrected chi connectivity index (χ1v) is 10.1. The van der Waals surface area contributed by atoms with Crippen molar-refractivity contribution in [1.29, 1.82) is 0 Å². The molecule has 7 heteroatoms. The quantitative estimate of drug-likeness (QED) is 0.699. The van der Waals surface area contributed by atoms with Gasteiger partial charge in [0.1, 0.15) is 5.75 Å². The van der Waals surface area contributed by atoms with E-state index in [1.807, 2.05) is 43.3 Å². The molecule has 1 fully saturated rings. The van der Waals surface area contributed by atoms with Crippen LogP contribution in [0.2, 0.25) is 0 Å². The van der Waals surface area contributed by atoms with Gasteiger partial charge in [0.25, 0.3) is 11.8 Å². The standard InChI is InChI=1S/C23H28N2O5/c1-18-8-10-19(11-9-18)29-16-22(26)24-12-5-13-25(15-14-24)23(27)17-30-21-7-4-3-6-20(21)28-2/h3-4,6-11H,5,12-17H2,1-2H3. The molecule has 0 N–H and O–H groups in total. The monoisotopic (exact) mass is 412 g/mol. The molecule has 1 aliphatic rings. The molecule has 2 aromatic carbocycles. The summed E-state index contributed by atoms with van der Waals surface area (Å²) in [7, 11) is 1.56. The summed E-state index contributed by atoms with van der Waals surface area (Å²) in [6.45, 7) is 4.09. The van der Waals surface area contributed by atoms with Crippen molar-refractivity contribution in [3.8, 4) is 17.2 Å². The van der Waals surface area contributed by atoms with Crippen LogP contribution in [0.15, 0.2) is 48.5 Å². The van der Waals surface area contributed by atoms with Gasteiger partial charge < -0.3 is 24.0 Å². The van der Waals surface area contributed by atoms with E-state index in [1.165, 1.54) is 0 Å². The zero-order chi connectivity index (χ0) is 21.3. The van der Waals surface area contributed by atoms with Crippen molar-refractivity contribution >= 4 is 11.8 Å². The number of ether oxygens (including phenoxy) is 3. The summed E-state index contributed by atoms with van der Waals surface area (Å²) in [5, 5.41) is 0. The summed E-state index contributed by atoms with van der Waals surface area (Å²) >= 11 is 0. The summed E-state index contributed by atoms with van der Waals surface area (Å²) in [4.78, 5) is 28.6. The van der Waals surface area contributed by atoms with Crippen LogP contribution in [0.1, 0.15) is 12.0 Å². The first kappa shape index (κ1) is 21.5. The molecule has 7 nitrogen and oxygen atoms in total. The van der Waals surface area contributed by atoms with Crippen molar-refractivity contribution in [2.75, 3.05) is 46.5 Å². The number of aryl methyl sites for hydroxylation is 1. The predicted octanol–water partition coefficient (Wildman–Crippen LogP) is 2.52. The van der Waals surface area contributed by atoms with E-state index in [0.29, 0.717) is 43.4 Å². The van der Waals surface area contributed by atoms with Gasteiger partial charge in [-0.15, -0.1) is 0 Å². The molecular weight excluding hydrogens is 384 g/mol. The fourth-order valence-electron chi connectivity index (χ4n) is 3.26. The molecule has 1 heterocycles. The van der Waals surface area contributed by atoms with Crippen molar-refractivity contribution in [3.05, 3.63) is 54.1 Å².